The van der Waals surface area contributed by atoms with Gasteiger partial charge in [0.15, 0.2) is 0 Å². The summed E-state index contributed by atoms with van der Waals surface area (Å²) in [4.78, 5) is 0. The third-order valence-electron chi connectivity index (χ3n) is 3.57. The second-order valence-electron chi connectivity index (χ2n) is 4.80. The number of hydrogen-bond acceptors (Lipinski definition) is 4. The average Bonchev–Trinajstić information content (AvgIpc) is 2.89. The van der Waals surface area contributed by atoms with Crippen molar-refractivity contribution < 1.29 is 19.3 Å². The molecule has 0 saturated carbocycles. The largest absolute Gasteiger partial charge is 0.393 e. The molecule has 0 amide bonds. The Hall–Kier alpha value is -0.875. The first-order valence-electron chi connectivity index (χ1n) is 6.06. The first kappa shape index (κ1) is 12.2. The maximum Gasteiger partial charge on any atom is 0.142 e. The molecule has 1 aromatic carbocycles. The first-order chi connectivity index (χ1) is 8.75. The van der Waals surface area contributed by atoms with E-state index in [2.05, 4.69) is 0 Å². The van der Waals surface area contributed by atoms with E-state index >= 15 is 0 Å². The Balaban J connectivity index is 1.69. The molecule has 1 unspecified atom stereocenters. The molecule has 2 fully saturated rings. The van der Waals surface area contributed by atoms with E-state index in [1.54, 1.807) is 0 Å². The Morgan fingerprint density at radius 1 is 1.39 bits per heavy atom. The summed E-state index contributed by atoms with van der Waals surface area (Å²) in [6, 6.07) is 9.34. The molecule has 2 aliphatic heterocycles. The van der Waals surface area contributed by atoms with E-state index in [0.29, 0.717) is 13.2 Å². The summed E-state index contributed by atoms with van der Waals surface area (Å²) >= 11 is 0. The van der Waals surface area contributed by atoms with E-state index in [-0.39, 0.29) is 18.8 Å². The SMILES string of the molecule is [B][C@@H]1O[C@@]2(CO)COC1[C@H]2OCc1ccccc1. The van der Waals surface area contributed by atoms with Crippen LogP contribution in [0.15, 0.2) is 30.3 Å². The molecule has 0 aliphatic carbocycles. The maximum atomic E-state index is 9.49. The Bertz CT molecular complexity index is 413. The number of hydrogen-bond donors (Lipinski definition) is 1. The zero-order chi connectivity index (χ0) is 12.6. The lowest BCUT2D eigenvalue weighted by atomic mass is 9.92. The summed E-state index contributed by atoms with van der Waals surface area (Å²) in [7, 11) is 5.80. The molecule has 2 radical (unpaired) electrons. The lowest BCUT2D eigenvalue weighted by Crippen LogP contribution is -2.45. The Labute approximate surface area is 107 Å². The third-order valence-corrected chi connectivity index (χ3v) is 3.57. The lowest BCUT2D eigenvalue weighted by Gasteiger charge is -2.28. The van der Waals surface area contributed by atoms with Crippen molar-refractivity contribution in [3.63, 3.8) is 0 Å². The zero-order valence-electron chi connectivity index (χ0n) is 9.99. The van der Waals surface area contributed by atoms with Crippen molar-refractivity contribution in [1.82, 2.24) is 0 Å². The number of rotatable bonds is 4. The normalized spacial score (nSPS) is 38.2. The summed E-state index contributed by atoms with van der Waals surface area (Å²) < 4.78 is 17.0. The minimum absolute atomic E-state index is 0.142. The smallest absolute Gasteiger partial charge is 0.142 e. The van der Waals surface area contributed by atoms with Crippen LogP contribution in [0.25, 0.3) is 0 Å². The molecule has 18 heavy (non-hydrogen) atoms. The van der Waals surface area contributed by atoms with E-state index in [0.717, 1.165) is 5.56 Å². The van der Waals surface area contributed by atoms with Crippen LogP contribution in [0.1, 0.15) is 5.56 Å². The van der Waals surface area contributed by atoms with Crippen molar-refractivity contribution in [2.75, 3.05) is 13.2 Å². The molecule has 0 aromatic heterocycles. The number of benzene rings is 1. The van der Waals surface area contributed by atoms with Crippen LogP contribution in [0.5, 0.6) is 0 Å². The van der Waals surface area contributed by atoms with Gasteiger partial charge in [0.25, 0.3) is 0 Å². The van der Waals surface area contributed by atoms with Gasteiger partial charge in [-0.3, -0.25) is 0 Å². The van der Waals surface area contributed by atoms with Gasteiger partial charge in [-0.25, -0.2) is 0 Å². The molecule has 4 nitrogen and oxygen atoms in total. The number of aliphatic hydroxyl groups excluding tert-OH is 1. The van der Waals surface area contributed by atoms with Gasteiger partial charge in [-0.05, 0) is 5.56 Å². The van der Waals surface area contributed by atoms with Crippen molar-refractivity contribution in [2.45, 2.75) is 30.4 Å². The molecule has 2 aliphatic rings. The van der Waals surface area contributed by atoms with Gasteiger partial charge >= 0.3 is 0 Å². The zero-order valence-corrected chi connectivity index (χ0v) is 9.99. The van der Waals surface area contributed by atoms with E-state index < -0.39 is 11.6 Å². The molecule has 1 aromatic rings. The molecule has 4 atom stereocenters. The van der Waals surface area contributed by atoms with Crippen molar-refractivity contribution in [3.05, 3.63) is 35.9 Å². The van der Waals surface area contributed by atoms with Gasteiger partial charge in [-0.1, -0.05) is 30.3 Å². The fourth-order valence-electron chi connectivity index (χ4n) is 2.59. The van der Waals surface area contributed by atoms with Crippen LogP contribution in [0.4, 0.5) is 0 Å². The van der Waals surface area contributed by atoms with E-state index in [1.807, 2.05) is 30.3 Å². The highest BCUT2D eigenvalue weighted by molar-refractivity contribution is 6.11. The fraction of sp³-hybridized carbons (Fsp3) is 0.538. The standard InChI is InChI=1S/C13H15BO4/c14-12-10-11(13(7-15,18-12)8-17-10)16-6-9-4-2-1-3-5-9/h1-5,10-12,15H,6-8H2/t10?,11-,12-,13+/m1/s1. The molecule has 5 heteroatoms. The molecule has 2 bridgehead atoms. The van der Waals surface area contributed by atoms with Crippen molar-refractivity contribution >= 4 is 7.85 Å². The molecule has 0 spiro atoms. The van der Waals surface area contributed by atoms with Crippen molar-refractivity contribution in [1.29, 1.82) is 0 Å². The molecule has 94 valence electrons. The minimum atomic E-state index is -0.793. The predicted octanol–water partition coefficient (Wildman–Crippen LogP) is 0.226. The first-order valence-corrected chi connectivity index (χ1v) is 6.06. The Morgan fingerprint density at radius 3 is 2.83 bits per heavy atom. The van der Waals surface area contributed by atoms with Gasteiger partial charge in [0.2, 0.25) is 0 Å². The van der Waals surface area contributed by atoms with Crippen LogP contribution in [0, 0.1) is 0 Å². The van der Waals surface area contributed by atoms with Gasteiger partial charge in [0.1, 0.15) is 25.7 Å². The molecular formula is C13H15BO4. The molecule has 3 rings (SSSR count). The van der Waals surface area contributed by atoms with E-state index in [1.165, 1.54) is 0 Å². The summed E-state index contributed by atoms with van der Waals surface area (Å²) in [5, 5.41) is 9.49. The Kier molecular flexibility index (Phi) is 3.15. The van der Waals surface area contributed by atoms with Gasteiger partial charge in [-0.15, -0.1) is 0 Å². The van der Waals surface area contributed by atoms with Crippen LogP contribution in [0.3, 0.4) is 0 Å². The summed E-state index contributed by atoms with van der Waals surface area (Å²) in [5.41, 5.74) is 0.282. The van der Waals surface area contributed by atoms with Gasteiger partial charge in [0.05, 0.1) is 19.8 Å². The summed E-state index contributed by atoms with van der Waals surface area (Å²) in [6.07, 6.45) is -0.599. The van der Waals surface area contributed by atoms with Gasteiger partial charge < -0.3 is 19.3 Å². The highest BCUT2D eigenvalue weighted by Gasteiger charge is 2.60. The van der Waals surface area contributed by atoms with Crippen LogP contribution in [0.2, 0.25) is 0 Å². The average molecular weight is 246 g/mol. The van der Waals surface area contributed by atoms with Gasteiger partial charge in [-0.2, -0.15) is 0 Å². The molecular weight excluding hydrogens is 231 g/mol. The summed E-state index contributed by atoms with van der Waals surface area (Å²) in [6.45, 7) is 0.654. The summed E-state index contributed by atoms with van der Waals surface area (Å²) in [5.74, 6) is 0. The predicted molar refractivity (Wildman–Crippen MR) is 65.2 cm³/mol. The monoisotopic (exact) mass is 246 g/mol. The Morgan fingerprint density at radius 2 is 2.17 bits per heavy atom. The van der Waals surface area contributed by atoms with Gasteiger partial charge in [0, 0.05) is 6.00 Å². The van der Waals surface area contributed by atoms with Crippen LogP contribution in [-0.4, -0.2) is 50.0 Å². The lowest BCUT2D eigenvalue weighted by molar-refractivity contribution is -0.141. The maximum absolute atomic E-state index is 9.49. The second-order valence-corrected chi connectivity index (χ2v) is 4.80. The highest BCUT2D eigenvalue weighted by Crippen LogP contribution is 2.40. The highest BCUT2D eigenvalue weighted by atomic mass is 16.7. The second kappa shape index (κ2) is 4.66. The third kappa shape index (κ3) is 1.87. The van der Waals surface area contributed by atoms with Crippen LogP contribution < -0.4 is 0 Å². The molecule has 1 N–H and O–H groups in total. The van der Waals surface area contributed by atoms with E-state index in [4.69, 9.17) is 22.1 Å². The van der Waals surface area contributed by atoms with Crippen molar-refractivity contribution in [2.24, 2.45) is 0 Å². The molecule has 2 heterocycles. The quantitative estimate of drug-likeness (QED) is 0.772. The minimum Gasteiger partial charge on any atom is -0.393 e. The topological polar surface area (TPSA) is 47.9 Å². The number of fused-ring (bicyclic) bond motifs is 2. The van der Waals surface area contributed by atoms with Crippen LogP contribution >= 0.6 is 0 Å². The fourth-order valence-corrected chi connectivity index (χ4v) is 2.59. The number of aliphatic hydroxyl groups is 1. The van der Waals surface area contributed by atoms with Crippen LogP contribution in [-0.2, 0) is 20.8 Å². The van der Waals surface area contributed by atoms with E-state index in [9.17, 15) is 5.11 Å². The number of ether oxygens (including phenoxy) is 3. The molecule has 2 saturated heterocycles. The van der Waals surface area contributed by atoms with Crippen molar-refractivity contribution in [3.8, 4) is 0 Å².